The third-order valence-corrected chi connectivity index (χ3v) is 6.24. The van der Waals surface area contributed by atoms with Crippen LogP contribution in [0.25, 0.3) is 11.4 Å². The van der Waals surface area contributed by atoms with E-state index in [0.717, 1.165) is 18.4 Å². The van der Waals surface area contributed by atoms with Gasteiger partial charge in [0.2, 0.25) is 11.7 Å². The molecule has 180 valence electrons. The van der Waals surface area contributed by atoms with Crippen LogP contribution < -0.4 is 5.32 Å². The Balaban J connectivity index is 1.33. The summed E-state index contributed by atoms with van der Waals surface area (Å²) in [4.78, 5) is 48.5. The minimum Gasteiger partial charge on any atom is -0.376 e. The zero-order valence-corrected chi connectivity index (χ0v) is 19.4. The van der Waals surface area contributed by atoms with Gasteiger partial charge in [0.05, 0.1) is 23.8 Å². The van der Waals surface area contributed by atoms with Crippen molar-refractivity contribution in [2.45, 2.75) is 38.8 Å². The van der Waals surface area contributed by atoms with Crippen LogP contribution in [0, 0.1) is 5.92 Å². The summed E-state index contributed by atoms with van der Waals surface area (Å²) in [6, 6.07) is 7.52. The van der Waals surface area contributed by atoms with Gasteiger partial charge in [0.25, 0.3) is 17.7 Å². The van der Waals surface area contributed by atoms with E-state index in [2.05, 4.69) is 20.4 Å². The average molecular weight is 476 g/mol. The van der Waals surface area contributed by atoms with Crippen molar-refractivity contribution in [3.8, 4) is 11.4 Å². The van der Waals surface area contributed by atoms with E-state index in [9.17, 15) is 14.4 Å². The Morgan fingerprint density at radius 2 is 1.91 bits per heavy atom. The van der Waals surface area contributed by atoms with Crippen molar-refractivity contribution in [1.82, 2.24) is 25.3 Å². The summed E-state index contributed by atoms with van der Waals surface area (Å²) >= 11 is 0. The van der Waals surface area contributed by atoms with Crippen LogP contribution in [-0.4, -0.2) is 57.0 Å². The first-order chi connectivity index (χ1) is 16.9. The molecule has 1 N–H and O–H groups in total. The van der Waals surface area contributed by atoms with Crippen molar-refractivity contribution in [3.05, 3.63) is 65.3 Å². The summed E-state index contributed by atoms with van der Waals surface area (Å²) in [6.07, 6.45) is 4.86. The lowest BCUT2D eigenvalue weighted by Gasteiger charge is -2.18. The number of amides is 3. The molecule has 2 aliphatic rings. The van der Waals surface area contributed by atoms with Gasteiger partial charge in [0.1, 0.15) is 6.04 Å². The van der Waals surface area contributed by atoms with Crippen LogP contribution in [-0.2, 0) is 4.74 Å². The predicted molar refractivity (Wildman–Crippen MR) is 123 cm³/mol. The normalized spacial score (nSPS) is 18.3. The van der Waals surface area contributed by atoms with E-state index in [-0.39, 0.29) is 41.5 Å². The molecule has 10 heteroatoms. The van der Waals surface area contributed by atoms with Crippen LogP contribution in [0.2, 0.25) is 0 Å². The Morgan fingerprint density at radius 1 is 1.14 bits per heavy atom. The third-order valence-electron chi connectivity index (χ3n) is 6.24. The molecule has 1 saturated heterocycles. The van der Waals surface area contributed by atoms with Crippen LogP contribution in [0.3, 0.4) is 0 Å². The molecule has 35 heavy (non-hydrogen) atoms. The maximum atomic E-state index is 13.1. The molecule has 0 radical (unpaired) electrons. The highest BCUT2D eigenvalue weighted by Gasteiger charge is 2.38. The summed E-state index contributed by atoms with van der Waals surface area (Å²) in [6.45, 7) is 4.71. The molecule has 0 saturated carbocycles. The number of fused-ring (bicyclic) bond motifs is 1. The average Bonchev–Trinajstić information content (AvgIpc) is 3.61. The molecule has 4 heterocycles. The molecule has 10 nitrogen and oxygen atoms in total. The van der Waals surface area contributed by atoms with Gasteiger partial charge in [-0.1, -0.05) is 19.0 Å². The van der Waals surface area contributed by atoms with Crippen molar-refractivity contribution in [2.75, 3.05) is 13.2 Å². The van der Waals surface area contributed by atoms with Crippen LogP contribution in [0.15, 0.2) is 47.2 Å². The second-order valence-corrected chi connectivity index (χ2v) is 9.00. The summed E-state index contributed by atoms with van der Waals surface area (Å²) in [5, 5.41) is 6.95. The maximum absolute atomic E-state index is 13.1. The molecular weight excluding hydrogens is 450 g/mol. The topological polar surface area (TPSA) is 128 Å². The lowest BCUT2D eigenvalue weighted by Crippen LogP contribution is -2.36. The number of nitrogens with zero attached hydrogens (tertiary/aromatic N) is 4. The molecule has 3 aromatic rings. The van der Waals surface area contributed by atoms with Gasteiger partial charge in [-0.3, -0.25) is 24.3 Å². The molecule has 2 aromatic heterocycles. The molecule has 0 bridgehead atoms. The molecule has 2 atom stereocenters. The molecule has 2 unspecified atom stereocenters. The maximum Gasteiger partial charge on any atom is 0.261 e. The Morgan fingerprint density at radius 3 is 2.63 bits per heavy atom. The Bertz CT molecular complexity index is 1270. The first-order valence-electron chi connectivity index (χ1n) is 11.6. The fourth-order valence-corrected chi connectivity index (χ4v) is 4.31. The highest BCUT2D eigenvalue weighted by Crippen LogP contribution is 2.27. The van der Waals surface area contributed by atoms with Crippen molar-refractivity contribution in [1.29, 1.82) is 0 Å². The molecule has 1 fully saturated rings. The van der Waals surface area contributed by atoms with E-state index in [1.54, 1.807) is 30.6 Å². The van der Waals surface area contributed by atoms with Crippen LogP contribution in [0.5, 0.6) is 0 Å². The summed E-state index contributed by atoms with van der Waals surface area (Å²) < 4.78 is 11.0. The van der Waals surface area contributed by atoms with Gasteiger partial charge in [-0.05, 0) is 49.1 Å². The summed E-state index contributed by atoms with van der Waals surface area (Å²) in [5.74, 6) is -0.556. The largest absolute Gasteiger partial charge is 0.376 e. The van der Waals surface area contributed by atoms with Crippen molar-refractivity contribution < 1.29 is 23.6 Å². The molecule has 3 amide bonds. The van der Waals surface area contributed by atoms with Crippen molar-refractivity contribution >= 4 is 17.7 Å². The second-order valence-electron chi connectivity index (χ2n) is 9.00. The van der Waals surface area contributed by atoms with E-state index in [1.807, 2.05) is 13.8 Å². The van der Waals surface area contributed by atoms with Crippen LogP contribution in [0.1, 0.15) is 69.7 Å². The Kier molecular flexibility index (Phi) is 6.12. The minimum absolute atomic E-state index is 0.0516. The smallest absolute Gasteiger partial charge is 0.261 e. The van der Waals surface area contributed by atoms with Crippen LogP contribution in [0.4, 0.5) is 0 Å². The number of ether oxygens (including phenoxy) is 1. The SMILES string of the molecule is CC(C)C(NC(=O)c1ccc2c(c1)C(=O)N(CC1CCCO1)C2=O)c1nc(-c2ccncc2)no1. The van der Waals surface area contributed by atoms with E-state index < -0.39 is 17.9 Å². The molecule has 5 rings (SSSR count). The quantitative estimate of drug-likeness (QED) is 0.517. The van der Waals surface area contributed by atoms with E-state index >= 15 is 0 Å². The first kappa shape index (κ1) is 22.9. The zero-order valence-electron chi connectivity index (χ0n) is 19.4. The fraction of sp³-hybridized carbons (Fsp3) is 0.360. The predicted octanol–water partition coefficient (Wildman–Crippen LogP) is 3.03. The first-order valence-corrected chi connectivity index (χ1v) is 11.6. The number of carbonyl (C=O) groups excluding carboxylic acids is 3. The number of benzene rings is 1. The van der Waals surface area contributed by atoms with Gasteiger partial charge in [0.15, 0.2) is 0 Å². The number of hydrogen-bond acceptors (Lipinski definition) is 8. The number of nitrogens with one attached hydrogen (secondary N) is 1. The van der Waals surface area contributed by atoms with Gasteiger partial charge in [-0.2, -0.15) is 4.98 Å². The standard InChI is InChI=1S/C25H25N5O5/c1-14(2)20(23-28-21(29-35-23)15-7-9-26-10-8-15)27-22(31)16-5-6-18-19(12-16)25(33)30(24(18)32)13-17-4-3-11-34-17/h5-10,12,14,17,20H,3-4,11,13H2,1-2H3,(H,27,31). The number of aromatic nitrogens is 3. The van der Waals surface area contributed by atoms with Gasteiger partial charge in [-0.15, -0.1) is 0 Å². The Hall–Kier alpha value is -3.92. The van der Waals surface area contributed by atoms with Gasteiger partial charge in [-0.25, -0.2) is 0 Å². The number of pyridine rings is 1. The lowest BCUT2D eigenvalue weighted by molar-refractivity contribution is 0.0475. The highest BCUT2D eigenvalue weighted by atomic mass is 16.5. The number of carbonyl (C=O) groups is 3. The van der Waals surface area contributed by atoms with Crippen molar-refractivity contribution in [3.63, 3.8) is 0 Å². The van der Waals surface area contributed by atoms with Gasteiger partial charge in [0, 0.05) is 30.1 Å². The Labute approximate surface area is 201 Å². The van der Waals surface area contributed by atoms with E-state index in [0.29, 0.717) is 18.0 Å². The van der Waals surface area contributed by atoms with Gasteiger partial charge >= 0.3 is 0 Å². The van der Waals surface area contributed by atoms with Gasteiger partial charge < -0.3 is 14.6 Å². The molecular formula is C25H25N5O5. The third kappa shape index (κ3) is 4.44. The molecule has 1 aromatic carbocycles. The minimum atomic E-state index is -0.549. The summed E-state index contributed by atoms with van der Waals surface area (Å²) in [7, 11) is 0. The van der Waals surface area contributed by atoms with E-state index in [1.165, 1.54) is 17.0 Å². The number of rotatable bonds is 7. The molecule has 0 aliphatic carbocycles. The summed E-state index contributed by atoms with van der Waals surface area (Å²) in [5.41, 5.74) is 1.53. The highest BCUT2D eigenvalue weighted by molar-refractivity contribution is 6.22. The fourth-order valence-electron chi connectivity index (χ4n) is 4.31. The zero-order chi connectivity index (χ0) is 24.5. The second kappa shape index (κ2) is 9.38. The molecule has 0 spiro atoms. The van der Waals surface area contributed by atoms with Crippen LogP contribution >= 0.6 is 0 Å². The van der Waals surface area contributed by atoms with Crippen molar-refractivity contribution in [2.24, 2.45) is 5.92 Å². The monoisotopic (exact) mass is 475 g/mol. The number of imide groups is 1. The molecule has 2 aliphatic heterocycles. The lowest BCUT2D eigenvalue weighted by atomic mass is 10.0. The van der Waals surface area contributed by atoms with E-state index in [4.69, 9.17) is 9.26 Å². The number of hydrogen-bond donors (Lipinski definition) is 1.